The van der Waals surface area contributed by atoms with E-state index in [1.165, 1.54) is 19.4 Å². The number of benzene rings is 1. The molecular formula is C20H27N3O2. The Morgan fingerprint density at radius 1 is 1.36 bits per heavy atom. The van der Waals surface area contributed by atoms with Crippen molar-refractivity contribution < 1.29 is 9.21 Å². The normalized spacial score (nSPS) is 18.4. The third kappa shape index (κ3) is 4.92. The molecule has 0 unspecified atom stereocenters. The summed E-state index contributed by atoms with van der Waals surface area (Å²) in [5.41, 5.74) is 1.59. The number of oxazole rings is 1. The first-order valence-electron chi connectivity index (χ1n) is 9.12. The van der Waals surface area contributed by atoms with Gasteiger partial charge in [-0.3, -0.25) is 4.79 Å². The van der Waals surface area contributed by atoms with Gasteiger partial charge in [-0.25, -0.2) is 4.98 Å². The molecule has 2 aromatic rings. The number of aromatic nitrogens is 1. The number of nitrogens with zero attached hydrogens (tertiary/aromatic N) is 2. The number of hydrogen-bond acceptors (Lipinski definition) is 4. The molecule has 1 saturated heterocycles. The molecule has 0 saturated carbocycles. The number of amides is 1. The third-order valence-electron chi connectivity index (χ3n) is 4.78. The summed E-state index contributed by atoms with van der Waals surface area (Å²) in [5.74, 6) is 1.11. The molecule has 5 nitrogen and oxygen atoms in total. The quantitative estimate of drug-likeness (QED) is 0.877. The van der Waals surface area contributed by atoms with Crippen LogP contribution in [-0.2, 0) is 11.2 Å². The zero-order chi connectivity index (χ0) is 17.6. The fraction of sp³-hybridized carbons (Fsp3) is 0.500. The zero-order valence-electron chi connectivity index (χ0n) is 15.1. The van der Waals surface area contributed by atoms with E-state index in [4.69, 9.17) is 4.42 Å². The van der Waals surface area contributed by atoms with Crippen LogP contribution < -0.4 is 5.32 Å². The van der Waals surface area contributed by atoms with E-state index < -0.39 is 0 Å². The zero-order valence-corrected chi connectivity index (χ0v) is 15.1. The van der Waals surface area contributed by atoms with Crippen molar-refractivity contribution in [2.45, 2.75) is 39.2 Å². The number of hydrogen-bond donors (Lipinski definition) is 1. The molecule has 1 N–H and O–H groups in total. The van der Waals surface area contributed by atoms with Gasteiger partial charge >= 0.3 is 0 Å². The van der Waals surface area contributed by atoms with Crippen LogP contribution in [0.15, 0.2) is 41.0 Å². The Morgan fingerprint density at radius 2 is 2.16 bits per heavy atom. The fourth-order valence-corrected chi connectivity index (χ4v) is 3.32. The predicted octanol–water partition coefficient (Wildman–Crippen LogP) is 3.12. The van der Waals surface area contributed by atoms with Crippen molar-refractivity contribution in [2.24, 2.45) is 5.92 Å². The Hall–Kier alpha value is -2.14. The second-order valence-corrected chi connectivity index (χ2v) is 7.09. The van der Waals surface area contributed by atoms with Gasteiger partial charge in [0.05, 0.1) is 12.1 Å². The molecule has 1 atom stereocenters. The second-order valence-electron chi connectivity index (χ2n) is 7.09. The summed E-state index contributed by atoms with van der Waals surface area (Å²) < 4.78 is 5.49. The molecule has 1 aliphatic heterocycles. The molecule has 5 heteroatoms. The summed E-state index contributed by atoms with van der Waals surface area (Å²) in [6.07, 6.45) is 4.23. The minimum atomic E-state index is 0.00887. The summed E-state index contributed by atoms with van der Waals surface area (Å²) in [6, 6.07) is 10.3. The van der Waals surface area contributed by atoms with Crippen LogP contribution in [0.2, 0.25) is 0 Å². The highest BCUT2D eigenvalue weighted by Crippen LogP contribution is 2.19. The van der Waals surface area contributed by atoms with Crippen molar-refractivity contribution in [2.75, 3.05) is 19.6 Å². The van der Waals surface area contributed by atoms with Crippen molar-refractivity contribution in [3.8, 4) is 11.5 Å². The lowest BCUT2D eigenvalue weighted by Gasteiger charge is -2.35. The molecule has 0 spiro atoms. The molecule has 3 rings (SSSR count). The van der Waals surface area contributed by atoms with Crippen molar-refractivity contribution in [1.82, 2.24) is 15.2 Å². The van der Waals surface area contributed by atoms with Crippen LogP contribution >= 0.6 is 0 Å². The van der Waals surface area contributed by atoms with Crippen molar-refractivity contribution in [1.29, 1.82) is 0 Å². The van der Waals surface area contributed by atoms with Gasteiger partial charge in [-0.05, 0) is 51.3 Å². The highest BCUT2D eigenvalue weighted by molar-refractivity contribution is 5.78. The van der Waals surface area contributed by atoms with Crippen LogP contribution in [0.1, 0.15) is 32.4 Å². The fourth-order valence-electron chi connectivity index (χ4n) is 3.32. The van der Waals surface area contributed by atoms with Gasteiger partial charge in [-0.15, -0.1) is 0 Å². The molecule has 1 aromatic heterocycles. The number of carbonyl (C=O) groups excluding carboxylic acids is 1. The lowest BCUT2D eigenvalue weighted by atomic mass is 9.97. The molecule has 0 aliphatic carbocycles. The first-order valence-corrected chi connectivity index (χ1v) is 9.12. The van der Waals surface area contributed by atoms with E-state index in [1.54, 1.807) is 6.26 Å². The average molecular weight is 341 g/mol. The summed E-state index contributed by atoms with van der Waals surface area (Å²) in [5, 5.41) is 3.06. The SMILES string of the molecule is CC(C)N1CCC[C@@H](CNC(=O)Cc2coc(-c3ccccc3)n2)C1. The Labute approximate surface area is 149 Å². The van der Waals surface area contributed by atoms with Gasteiger partial charge in [-0.2, -0.15) is 0 Å². The lowest BCUT2D eigenvalue weighted by molar-refractivity contribution is -0.120. The maximum Gasteiger partial charge on any atom is 0.226 e. The van der Waals surface area contributed by atoms with E-state index in [2.05, 4.69) is 29.0 Å². The Balaban J connectivity index is 1.47. The first-order chi connectivity index (χ1) is 12.1. The van der Waals surface area contributed by atoms with E-state index in [9.17, 15) is 4.79 Å². The molecule has 1 aromatic carbocycles. The Kier molecular flexibility index (Phi) is 5.87. The molecule has 25 heavy (non-hydrogen) atoms. The minimum Gasteiger partial charge on any atom is -0.444 e. The van der Waals surface area contributed by atoms with Crippen molar-refractivity contribution in [3.05, 3.63) is 42.3 Å². The number of nitrogens with one attached hydrogen (secondary N) is 1. The molecular weight excluding hydrogens is 314 g/mol. The second kappa shape index (κ2) is 8.30. The molecule has 1 aliphatic rings. The van der Waals surface area contributed by atoms with E-state index in [0.717, 1.165) is 18.7 Å². The molecule has 1 amide bonds. The number of carbonyl (C=O) groups is 1. The maximum absolute atomic E-state index is 12.2. The monoisotopic (exact) mass is 341 g/mol. The van der Waals surface area contributed by atoms with Crippen molar-refractivity contribution >= 4 is 5.91 Å². The van der Waals surface area contributed by atoms with Gasteiger partial charge in [0, 0.05) is 24.7 Å². The van der Waals surface area contributed by atoms with Crippen molar-refractivity contribution in [3.63, 3.8) is 0 Å². The van der Waals surface area contributed by atoms with Crippen LogP contribution in [0, 0.1) is 5.92 Å². The number of likely N-dealkylation sites (tertiary alicyclic amines) is 1. The van der Waals surface area contributed by atoms with Gasteiger partial charge in [0.2, 0.25) is 11.8 Å². The summed E-state index contributed by atoms with van der Waals surface area (Å²) >= 11 is 0. The van der Waals surface area contributed by atoms with Gasteiger partial charge in [-0.1, -0.05) is 18.2 Å². The highest BCUT2D eigenvalue weighted by Gasteiger charge is 2.22. The van der Waals surface area contributed by atoms with E-state index >= 15 is 0 Å². The van der Waals surface area contributed by atoms with Crippen LogP contribution in [-0.4, -0.2) is 41.5 Å². The number of piperidine rings is 1. The van der Waals surface area contributed by atoms with Crippen LogP contribution in [0.4, 0.5) is 0 Å². The highest BCUT2D eigenvalue weighted by atomic mass is 16.3. The maximum atomic E-state index is 12.2. The first kappa shape index (κ1) is 17.7. The summed E-state index contributed by atoms with van der Waals surface area (Å²) in [6.45, 7) is 7.44. The molecule has 0 bridgehead atoms. The van der Waals surface area contributed by atoms with Gasteiger partial charge in [0.25, 0.3) is 0 Å². The minimum absolute atomic E-state index is 0.00887. The predicted molar refractivity (Wildman–Crippen MR) is 98.1 cm³/mol. The average Bonchev–Trinajstić information content (AvgIpc) is 3.09. The number of rotatable bonds is 6. The van der Waals surface area contributed by atoms with Crippen LogP contribution in [0.5, 0.6) is 0 Å². The third-order valence-corrected chi connectivity index (χ3v) is 4.78. The molecule has 0 radical (unpaired) electrons. The van der Waals surface area contributed by atoms with Gasteiger partial charge in [0.15, 0.2) is 0 Å². The smallest absolute Gasteiger partial charge is 0.226 e. The van der Waals surface area contributed by atoms with E-state index in [1.807, 2.05) is 30.3 Å². The molecule has 2 heterocycles. The largest absolute Gasteiger partial charge is 0.444 e. The topological polar surface area (TPSA) is 58.4 Å². The van der Waals surface area contributed by atoms with Gasteiger partial charge < -0.3 is 14.6 Å². The summed E-state index contributed by atoms with van der Waals surface area (Å²) in [4.78, 5) is 19.1. The van der Waals surface area contributed by atoms with E-state index in [0.29, 0.717) is 23.5 Å². The van der Waals surface area contributed by atoms with Crippen LogP contribution in [0.25, 0.3) is 11.5 Å². The standard InChI is InChI=1S/C20H27N3O2/c1-15(2)23-10-6-7-16(13-23)12-21-19(24)11-18-14-25-20(22-18)17-8-4-3-5-9-17/h3-5,8-9,14-16H,6-7,10-13H2,1-2H3,(H,21,24)/t16-/m0/s1. The van der Waals surface area contributed by atoms with Gasteiger partial charge in [0.1, 0.15) is 6.26 Å². The molecule has 134 valence electrons. The Bertz CT molecular complexity index is 681. The van der Waals surface area contributed by atoms with E-state index in [-0.39, 0.29) is 12.3 Å². The summed E-state index contributed by atoms with van der Waals surface area (Å²) in [7, 11) is 0. The van der Waals surface area contributed by atoms with Crippen LogP contribution in [0.3, 0.4) is 0 Å². The lowest BCUT2D eigenvalue weighted by Crippen LogP contribution is -2.44. The molecule has 1 fully saturated rings. The Morgan fingerprint density at radius 3 is 2.92 bits per heavy atom.